The lowest BCUT2D eigenvalue weighted by molar-refractivity contribution is -0.165. The monoisotopic (exact) mass is 718 g/mol. The molecule has 2 aromatic rings. The first kappa shape index (κ1) is 39.1. The molecule has 4 amide bonds. The van der Waals surface area contributed by atoms with E-state index in [-0.39, 0.29) is 5.56 Å². The van der Waals surface area contributed by atoms with Crippen LogP contribution in [0.15, 0.2) is 48.5 Å². The molecule has 11 nitrogen and oxygen atoms in total. The number of amides is 4. The van der Waals surface area contributed by atoms with Crippen molar-refractivity contribution >= 4 is 41.0 Å². The minimum absolute atomic E-state index is 0.0459. The second-order valence-electron chi connectivity index (χ2n) is 12.0. The van der Waals surface area contributed by atoms with Gasteiger partial charge in [-0.2, -0.15) is 22.0 Å². The summed E-state index contributed by atoms with van der Waals surface area (Å²) < 4.78 is 72.2. The highest BCUT2D eigenvalue weighted by Crippen LogP contribution is 2.49. The Kier molecular flexibility index (Phi) is 12.4. The summed E-state index contributed by atoms with van der Waals surface area (Å²) in [6.07, 6.45) is -5.69. The number of hydrogen-bond donors (Lipinski definition) is 5. The number of ether oxygens (including phenoxy) is 1. The molecule has 0 bridgehead atoms. The van der Waals surface area contributed by atoms with Gasteiger partial charge in [-0.15, -0.1) is 0 Å². The molecule has 268 valence electrons. The third-order valence-corrected chi connectivity index (χ3v) is 8.14. The van der Waals surface area contributed by atoms with Crippen molar-refractivity contribution in [1.82, 2.24) is 21.3 Å². The van der Waals surface area contributed by atoms with Crippen molar-refractivity contribution in [3.8, 4) is 5.75 Å². The van der Waals surface area contributed by atoms with Gasteiger partial charge in [0.25, 0.3) is 5.91 Å². The van der Waals surface area contributed by atoms with Crippen molar-refractivity contribution in [2.24, 2.45) is 5.92 Å². The van der Waals surface area contributed by atoms with Gasteiger partial charge in [-0.3, -0.25) is 24.0 Å². The van der Waals surface area contributed by atoms with Crippen molar-refractivity contribution in [3.63, 3.8) is 0 Å². The van der Waals surface area contributed by atoms with E-state index in [2.05, 4.69) is 16.0 Å². The van der Waals surface area contributed by atoms with Gasteiger partial charge in [-0.25, -0.2) is 0 Å². The van der Waals surface area contributed by atoms with Gasteiger partial charge in [0.1, 0.15) is 24.4 Å². The van der Waals surface area contributed by atoms with E-state index in [0.717, 1.165) is 5.32 Å². The van der Waals surface area contributed by atoms with Crippen LogP contribution in [0.4, 0.5) is 22.0 Å². The molecule has 0 heterocycles. The number of hydrogen-bond acceptors (Lipinski definition) is 7. The van der Waals surface area contributed by atoms with E-state index in [4.69, 9.17) is 16.3 Å². The first-order valence-electron chi connectivity index (χ1n) is 15.0. The van der Waals surface area contributed by atoms with Crippen LogP contribution in [0, 0.1) is 5.92 Å². The van der Waals surface area contributed by atoms with Crippen LogP contribution in [0.3, 0.4) is 0 Å². The zero-order valence-corrected chi connectivity index (χ0v) is 27.5. The van der Waals surface area contributed by atoms with E-state index < -0.39 is 83.6 Å². The fourth-order valence-corrected chi connectivity index (χ4v) is 5.13. The Bertz CT molecular complexity index is 1550. The van der Waals surface area contributed by atoms with Crippen molar-refractivity contribution in [2.75, 3.05) is 13.7 Å². The molecular weight excluding hydrogens is 683 g/mol. The summed E-state index contributed by atoms with van der Waals surface area (Å²) in [5.41, 5.74) is -0.386. The molecule has 0 aliphatic heterocycles. The Labute approximate surface area is 283 Å². The molecule has 0 radical (unpaired) electrons. The number of halogens is 6. The number of alkyl halides is 5. The van der Waals surface area contributed by atoms with Crippen LogP contribution in [-0.4, -0.2) is 78.5 Å². The fraction of sp³-hybridized carbons (Fsp3) is 0.469. The number of carbonyl (C=O) groups excluding carboxylic acids is 5. The van der Waals surface area contributed by atoms with Gasteiger partial charge in [0.2, 0.25) is 23.5 Å². The van der Waals surface area contributed by atoms with E-state index in [9.17, 15) is 51.0 Å². The number of benzene rings is 2. The van der Waals surface area contributed by atoms with Gasteiger partial charge < -0.3 is 31.1 Å². The Morgan fingerprint density at radius 3 is 2.00 bits per heavy atom. The molecule has 1 aliphatic carbocycles. The zero-order valence-electron chi connectivity index (χ0n) is 26.8. The first-order chi connectivity index (χ1) is 22.7. The molecule has 2 aromatic carbocycles. The zero-order chi connectivity index (χ0) is 36.9. The quantitative estimate of drug-likeness (QED) is 0.140. The normalized spacial score (nSPS) is 16.4. The van der Waals surface area contributed by atoms with Gasteiger partial charge in [0.05, 0.1) is 24.7 Å². The molecule has 1 aliphatic rings. The van der Waals surface area contributed by atoms with Gasteiger partial charge in [-0.05, 0) is 61.1 Å². The summed E-state index contributed by atoms with van der Waals surface area (Å²) >= 11 is 6.09. The summed E-state index contributed by atoms with van der Waals surface area (Å²) in [6, 6.07) is 6.58. The number of aliphatic hydroxyl groups is 1. The molecule has 17 heteroatoms. The summed E-state index contributed by atoms with van der Waals surface area (Å²) in [7, 11) is 1.36. The van der Waals surface area contributed by atoms with E-state index in [1.165, 1.54) is 52.1 Å². The van der Waals surface area contributed by atoms with Crippen molar-refractivity contribution in [2.45, 2.75) is 75.4 Å². The Balaban J connectivity index is 1.88. The van der Waals surface area contributed by atoms with Crippen molar-refractivity contribution < 1.29 is 55.8 Å². The van der Waals surface area contributed by atoms with Gasteiger partial charge in [-0.1, -0.05) is 49.7 Å². The van der Waals surface area contributed by atoms with E-state index in [0.29, 0.717) is 29.2 Å². The minimum Gasteiger partial charge on any atom is -0.497 e. The number of carbonyl (C=O) groups is 5. The fourth-order valence-electron chi connectivity index (χ4n) is 4.94. The molecule has 3 rings (SSSR count). The molecule has 5 N–H and O–H groups in total. The predicted octanol–water partition coefficient (Wildman–Crippen LogP) is 3.13. The van der Waals surface area contributed by atoms with Crippen molar-refractivity contribution in [3.05, 3.63) is 64.7 Å². The third kappa shape index (κ3) is 9.65. The van der Waals surface area contributed by atoms with Gasteiger partial charge in [0, 0.05) is 5.02 Å². The molecule has 1 fully saturated rings. The molecule has 0 saturated heterocycles. The minimum atomic E-state index is -5.04. The SMILES string of the molecule is COc1ccc([C@H](NC(=O)[C@@H](NC(=O)C2(c3cccc(Cl)c3)CC2)[C@@H](C)O)C(=O)N[C@H](C(=O)C(F)(F)C(=O)NCC(F)(F)F)C(C)C)cc1. The molecular formula is C32H36ClF5N4O7. The Morgan fingerprint density at radius 1 is 0.898 bits per heavy atom. The summed E-state index contributed by atoms with van der Waals surface area (Å²) in [6.45, 7) is 1.56. The average Bonchev–Trinajstić information content (AvgIpc) is 3.85. The summed E-state index contributed by atoms with van der Waals surface area (Å²) in [4.78, 5) is 65.4. The van der Waals surface area contributed by atoms with E-state index >= 15 is 0 Å². The van der Waals surface area contributed by atoms with Crippen LogP contribution in [-0.2, 0) is 29.4 Å². The average molecular weight is 719 g/mol. The Hall–Kier alpha value is -4.31. The van der Waals surface area contributed by atoms with Crippen LogP contribution < -0.4 is 26.0 Å². The topological polar surface area (TPSA) is 163 Å². The largest absolute Gasteiger partial charge is 0.497 e. The highest BCUT2D eigenvalue weighted by Gasteiger charge is 2.53. The maximum atomic E-state index is 14.8. The standard InChI is InChI=1S/C32H36ClF5N4O7/c1-16(2)22(25(44)32(37,38)29(48)39-15-31(34,35)36)40-27(46)24(18-8-10-21(49-4)11-9-18)41-26(45)23(17(3)43)42-28(47)30(12-13-30)19-6-5-7-20(33)14-19/h5-11,14,16-17,22-24,43H,12-13,15H2,1-4H3,(H,39,48)(H,40,46)(H,41,45)(H,42,47)/t17-,22+,23+,24+/m1/s1. The lowest BCUT2D eigenvalue weighted by Crippen LogP contribution is -2.59. The predicted molar refractivity (Wildman–Crippen MR) is 166 cm³/mol. The highest BCUT2D eigenvalue weighted by atomic mass is 35.5. The molecule has 0 aromatic heterocycles. The summed E-state index contributed by atoms with van der Waals surface area (Å²) in [5.74, 6) is -13.4. The number of methoxy groups -OCH3 is 1. The van der Waals surface area contributed by atoms with Crippen LogP contribution in [0.2, 0.25) is 5.02 Å². The number of nitrogens with one attached hydrogen (secondary N) is 4. The molecule has 1 saturated carbocycles. The number of rotatable bonds is 15. The van der Waals surface area contributed by atoms with Crippen LogP contribution in [0.1, 0.15) is 50.8 Å². The lowest BCUT2D eigenvalue weighted by Gasteiger charge is -2.29. The third-order valence-electron chi connectivity index (χ3n) is 7.90. The molecule has 0 unspecified atom stereocenters. The lowest BCUT2D eigenvalue weighted by atomic mass is 9.94. The smallest absolute Gasteiger partial charge is 0.405 e. The van der Waals surface area contributed by atoms with Crippen molar-refractivity contribution in [1.29, 1.82) is 0 Å². The van der Waals surface area contributed by atoms with Crippen LogP contribution in [0.5, 0.6) is 5.75 Å². The first-order valence-corrected chi connectivity index (χ1v) is 15.4. The maximum absolute atomic E-state index is 14.8. The van der Waals surface area contributed by atoms with Gasteiger partial charge >= 0.3 is 12.1 Å². The summed E-state index contributed by atoms with van der Waals surface area (Å²) in [5, 5.41) is 18.8. The Morgan fingerprint density at radius 2 is 1.51 bits per heavy atom. The van der Waals surface area contributed by atoms with Crippen LogP contribution in [0.25, 0.3) is 0 Å². The van der Waals surface area contributed by atoms with E-state index in [1.54, 1.807) is 24.3 Å². The molecule has 49 heavy (non-hydrogen) atoms. The number of aliphatic hydroxyl groups excluding tert-OH is 1. The number of Topliss-reactive ketones (excluding diaryl/α,β-unsaturated/α-hetero) is 1. The molecule has 4 atom stereocenters. The van der Waals surface area contributed by atoms with E-state index in [1.807, 2.05) is 0 Å². The second kappa shape index (κ2) is 15.5. The number of ketones is 1. The molecule has 0 spiro atoms. The highest BCUT2D eigenvalue weighted by molar-refractivity contribution is 6.30. The maximum Gasteiger partial charge on any atom is 0.405 e. The van der Waals surface area contributed by atoms with Crippen LogP contribution >= 0.6 is 11.6 Å². The second-order valence-corrected chi connectivity index (χ2v) is 12.4. The van der Waals surface area contributed by atoms with Gasteiger partial charge in [0.15, 0.2) is 0 Å².